The van der Waals surface area contributed by atoms with Gasteiger partial charge < -0.3 is 14.5 Å². The minimum atomic E-state index is 0.375. The molecule has 2 atom stereocenters. The summed E-state index contributed by atoms with van der Waals surface area (Å²) in [6.07, 6.45) is 1.16. The predicted molar refractivity (Wildman–Crippen MR) is 81.9 cm³/mol. The second kappa shape index (κ2) is 5.84. The van der Waals surface area contributed by atoms with Crippen LogP contribution in [0.1, 0.15) is 5.56 Å². The Bertz CT molecular complexity index is 434. The third-order valence-corrected chi connectivity index (χ3v) is 4.78. The molecule has 3 nitrogen and oxygen atoms in total. The first-order valence-electron chi connectivity index (χ1n) is 7.67. The molecule has 2 heterocycles. The van der Waals surface area contributed by atoms with Gasteiger partial charge in [0.25, 0.3) is 0 Å². The Hall–Kier alpha value is -0.900. The molecule has 2 aliphatic rings. The van der Waals surface area contributed by atoms with Crippen LogP contribution in [0, 0.1) is 11.3 Å². The van der Waals surface area contributed by atoms with Crippen molar-refractivity contribution < 1.29 is 4.74 Å². The van der Waals surface area contributed by atoms with E-state index in [9.17, 15) is 0 Å². The van der Waals surface area contributed by atoms with Crippen LogP contribution in [0.5, 0.6) is 0 Å². The van der Waals surface area contributed by atoms with Crippen LogP contribution in [0.15, 0.2) is 30.3 Å². The number of rotatable bonds is 5. The van der Waals surface area contributed by atoms with E-state index < -0.39 is 0 Å². The lowest BCUT2D eigenvalue weighted by molar-refractivity contribution is 0.111. The summed E-state index contributed by atoms with van der Waals surface area (Å²) in [5.74, 6) is 0.723. The van der Waals surface area contributed by atoms with Crippen molar-refractivity contribution in [2.75, 3.05) is 53.5 Å². The van der Waals surface area contributed by atoms with Crippen LogP contribution < -0.4 is 0 Å². The number of fused-ring (bicyclic) bond motifs is 1. The van der Waals surface area contributed by atoms with Crippen LogP contribution in [0.3, 0.4) is 0 Å². The molecule has 20 heavy (non-hydrogen) atoms. The fraction of sp³-hybridized carbons (Fsp3) is 0.647. The van der Waals surface area contributed by atoms with Gasteiger partial charge in [0.15, 0.2) is 0 Å². The highest BCUT2D eigenvalue weighted by Gasteiger charge is 2.50. The molecule has 0 N–H and O–H groups in total. The maximum Gasteiger partial charge on any atom is 0.0551 e. The van der Waals surface area contributed by atoms with Crippen molar-refractivity contribution in [3.8, 4) is 0 Å². The average molecular weight is 274 g/mol. The molecule has 0 spiro atoms. The molecule has 0 aliphatic carbocycles. The molecule has 110 valence electrons. The maximum atomic E-state index is 5.77. The Morgan fingerprint density at radius 1 is 1.30 bits per heavy atom. The number of nitrogens with zero attached hydrogens (tertiary/aromatic N) is 2. The van der Waals surface area contributed by atoms with Crippen molar-refractivity contribution in [3.05, 3.63) is 35.9 Å². The van der Waals surface area contributed by atoms with Crippen molar-refractivity contribution in [1.29, 1.82) is 0 Å². The molecule has 0 radical (unpaired) electrons. The van der Waals surface area contributed by atoms with Gasteiger partial charge >= 0.3 is 0 Å². The summed E-state index contributed by atoms with van der Waals surface area (Å²) >= 11 is 0. The Labute approximate surface area is 122 Å². The van der Waals surface area contributed by atoms with Gasteiger partial charge in [0.1, 0.15) is 0 Å². The third-order valence-electron chi connectivity index (χ3n) is 4.78. The van der Waals surface area contributed by atoms with Crippen molar-refractivity contribution in [2.24, 2.45) is 11.3 Å². The van der Waals surface area contributed by atoms with E-state index in [2.05, 4.69) is 54.2 Å². The summed E-state index contributed by atoms with van der Waals surface area (Å²) in [7, 11) is 4.35. The van der Waals surface area contributed by atoms with Crippen molar-refractivity contribution in [2.45, 2.75) is 6.42 Å². The van der Waals surface area contributed by atoms with Crippen LogP contribution in [-0.4, -0.2) is 63.3 Å². The molecule has 3 rings (SSSR count). The van der Waals surface area contributed by atoms with Gasteiger partial charge in [-0.25, -0.2) is 0 Å². The number of hydrogen-bond donors (Lipinski definition) is 0. The zero-order valence-corrected chi connectivity index (χ0v) is 12.7. The van der Waals surface area contributed by atoms with Crippen LogP contribution in [0.4, 0.5) is 0 Å². The molecule has 0 amide bonds. The summed E-state index contributed by atoms with van der Waals surface area (Å²) in [4.78, 5) is 4.96. The standard InChI is InChI=1S/C17H26N2O/c1-18(2)12-17-13-19(10-16(17)11-20-14-17)9-8-15-6-4-3-5-7-15/h3-7,16H,8-14H2,1-2H3/t16-,17+/m0/s1. The van der Waals surface area contributed by atoms with Gasteiger partial charge in [-0.2, -0.15) is 0 Å². The van der Waals surface area contributed by atoms with E-state index >= 15 is 0 Å². The minimum absolute atomic E-state index is 0.375. The zero-order valence-electron chi connectivity index (χ0n) is 12.7. The van der Waals surface area contributed by atoms with Crippen molar-refractivity contribution in [3.63, 3.8) is 0 Å². The number of likely N-dealkylation sites (tertiary alicyclic amines) is 1. The van der Waals surface area contributed by atoms with Gasteiger partial charge in [0.2, 0.25) is 0 Å². The highest BCUT2D eigenvalue weighted by atomic mass is 16.5. The van der Waals surface area contributed by atoms with E-state index in [4.69, 9.17) is 4.74 Å². The van der Waals surface area contributed by atoms with Gasteiger partial charge in [0.05, 0.1) is 13.2 Å². The van der Waals surface area contributed by atoms with Crippen LogP contribution in [0.25, 0.3) is 0 Å². The summed E-state index contributed by atoms with van der Waals surface area (Å²) < 4.78 is 5.77. The molecular weight excluding hydrogens is 248 g/mol. The highest BCUT2D eigenvalue weighted by Crippen LogP contribution is 2.41. The van der Waals surface area contributed by atoms with Crippen LogP contribution in [-0.2, 0) is 11.2 Å². The lowest BCUT2D eigenvalue weighted by atomic mass is 9.81. The van der Waals surface area contributed by atoms with E-state index in [-0.39, 0.29) is 0 Å². The molecule has 0 unspecified atom stereocenters. The molecule has 0 saturated carbocycles. The smallest absolute Gasteiger partial charge is 0.0551 e. The molecule has 1 aromatic rings. The molecule has 0 aromatic heterocycles. The average Bonchev–Trinajstić information content (AvgIpc) is 2.93. The maximum absolute atomic E-state index is 5.77. The van der Waals surface area contributed by atoms with E-state index in [1.807, 2.05) is 0 Å². The van der Waals surface area contributed by atoms with Crippen LogP contribution >= 0.6 is 0 Å². The quantitative estimate of drug-likeness (QED) is 0.813. The third kappa shape index (κ3) is 2.90. The number of ether oxygens (including phenoxy) is 1. The van der Waals surface area contributed by atoms with Gasteiger partial charge in [0, 0.05) is 37.5 Å². The molecule has 2 aliphatic heterocycles. The first-order valence-corrected chi connectivity index (χ1v) is 7.67. The fourth-order valence-corrected chi connectivity index (χ4v) is 3.90. The second-order valence-corrected chi connectivity index (χ2v) is 6.78. The van der Waals surface area contributed by atoms with Crippen molar-refractivity contribution in [1.82, 2.24) is 9.80 Å². The van der Waals surface area contributed by atoms with Gasteiger partial charge in [-0.15, -0.1) is 0 Å². The molecular formula is C17H26N2O. The molecule has 0 bridgehead atoms. The normalized spacial score (nSPS) is 30.1. The Kier molecular flexibility index (Phi) is 4.11. The Morgan fingerprint density at radius 3 is 2.85 bits per heavy atom. The van der Waals surface area contributed by atoms with Gasteiger partial charge in [-0.05, 0) is 26.1 Å². The largest absolute Gasteiger partial charge is 0.380 e. The Balaban J connectivity index is 1.58. The summed E-state index contributed by atoms with van der Waals surface area (Å²) in [6.45, 7) is 6.63. The first-order chi connectivity index (χ1) is 9.68. The monoisotopic (exact) mass is 274 g/mol. The topological polar surface area (TPSA) is 15.7 Å². The molecule has 2 saturated heterocycles. The summed E-state index contributed by atoms with van der Waals surface area (Å²) in [6, 6.07) is 10.8. The summed E-state index contributed by atoms with van der Waals surface area (Å²) in [5.41, 5.74) is 1.82. The van der Waals surface area contributed by atoms with Crippen molar-refractivity contribution >= 4 is 0 Å². The van der Waals surface area contributed by atoms with E-state index in [0.29, 0.717) is 5.41 Å². The van der Waals surface area contributed by atoms with Crippen LogP contribution in [0.2, 0.25) is 0 Å². The zero-order chi connectivity index (χ0) is 14.0. The molecule has 2 fully saturated rings. The van der Waals surface area contributed by atoms with Gasteiger partial charge in [-0.1, -0.05) is 30.3 Å². The molecule has 1 aromatic carbocycles. The SMILES string of the molecule is CN(C)C[C@@]12COC[C@@H]1CN(CCc1ccccc1)C2. The lowest BCUT2D eigenvalue weighted by Crippen LogP contribution is -2.40. The Morgan fingerprint density at radius 2 is 2.10 bits per heavy atom. The number of hydrogen-bond acceptors (Lipinski definition) is 3. The first kappa shape index (κ1) is 14.1. The predicted octanol–water partition coefficient (Wildman–Crippen LogP) is 1.74. The molecule has 3 heteroatoms. The second-order valence-electron chi connectivity index (χ2n) is 6.78. The number of benzene rings is 1. The highest BCUT2D eigenvalue weighted by molar-refractivity contribution is 5.15. The minimum Gasteiger partial charge on any atom is -0.380 e. The fourth-order valence-electron chi connectivity index (χ4n) is 3.90. The summed E-state index contributed by atoms with van der Waals surface area (Å²) in [5, 5.41) is 0. The lowest BCUT2D eigenvalue weighted by Gasteiger charge is -2.30. The van der Waals surface area contributed by atoms with Gasteiger partial charge in [-0.3, -0.25) is 0 Å². The van der Waals surface area contributed by atoms with E-state index in [1.165, 1.54) is 25.2 Å². The van der Waals surface area contributed by atoms with E-state index in [1.54, 1.807) is 0 Å². The van der Waals surface area contributed by atoms with E-state index in [0.717, 1.165) is 32.1 Å².